The van der Waals surface area contributed by atoms with Gasteiger partial charge in [-0.3, -0.25) is 0 Å². The minimum absolute atomic E-state index is 0.155. The third kappa shape index (κ3) is 3.03. The fourth-order valence-electron chi connectivity index (χ4n) is 2.45. The molecule has 0 fully saturated rings. The molecule has 108 valence electrons. The third-order valence-electron chi connectivity index (χ3n) is 3.36. The van der Waals surface area contributed by atoms with Gasteiger partial charge in [-0.2, -0.15) is 0 Å². The van der Waals surface area contributed by atoms with Crippen LogP contribution in [0.5, 0.6) is 5.75 Å². The Labute approximate surface area is 128 Å². The predicted molar refractivity (Wildman–Crippen MR) is 86.1 cm³/mol. The van der Waals surface area contributed by atoms with Crippen LogP contribution in [0.1, 0.15) is 30.0 Å². The quantitative estimate of drug-likeness (QED) is 0.741. The number of rotatable bonds is 3. The van der Waals surface area contributed by atoms with Crippen LogP contribution in [0.25, 0.3) is 11.0 Å². The van der Waals surface area contributed by atoms with Gasteiger partial charge in [-0.05, 0) is 62.2 Å². The van der Waals surface area contributed by atoms with Gasteiger partial charge in [0.1, 0.15) is 11.6 Å². The maximum absolute atomic E-state index is 6.00. The summed E-state index contributed by atoms with van der Waals surface area (Å²) in [6.07, 6.45) is -0.155. The molecular weight excluding hydrogens is 284 g/mol. The number of nitrogens with zero attached hydrogens (tertiary/aromatic N) is 1. The second kappa shape index (κ2) is 5.41. The lowest BCUT2D eigenvalue weighted by atomic mass is 10.1. The summed E-state index contributed by atoms with van der Waals surface area (Å²) in [7, 11) is 0. The highest BCUT2D eigenvalue weighted by Crippen LogP contribution is 2.25. The van der Waals surface area contributed by atoms with Crippen molar-refractivity contribution in [3.8, 4) is 5.75 Å². The fourth-order valence-corrected chi connectivity index (χ4v) is 2.63. The highest BCUT2D eigenvalue weighted by molar-refractivity contribution is 6.31. The SMILES string of the molecule is Cc1cc(C)cc(O[C@H](C)c2nc3ccc(Cl)cc3[nH]2)c1. The predicted octanol–water partition coefficient (Wildman–Crippen LogP) is 4.97. The number of aryl methyl sites for hydroxylation is 2. The van der Waals surface area contributed by atoms with E-state index < -0.39 is 0 Å². The first-order chi connectivity index (χ1) is 10.0. The van der Waals surface area contributed by atoms with Gasteiger partial charge in [0.05, 0.1) is 11.0 Å². The van der Waals surface area contributed by atoms with Gasteiger partial charge < -0.3 is 9.72 Å². The Bertz CT molecular complexity index is 774. The smallest absolute Gasteiger partial charge is 0.153 e. The van der Waals surface area contributed by atoms with E-state index in [4.69, 9.17) is 16.3 Å². The number of nitrogens with one attached hydrogen (secondary N) is 1. The number of H-pyrrole nitrogens is 1. The first-order valence-electron chi connectivity index (χ1n) is 6.91. The Hall–Kier alpha value is -2.00. The molecule has 0 aliphatic heterocycles. The standard InChI is InChI=1S/C17H17ClN2O/c1-10-6-11(2)8-14(7-10)21-12(3)17-19-15-5-4-13(18)9-16(15)20-17/h4-9,12H,1-3H3,(H,19,20)/t12-/m1/s1. The molecule has 0 aliphatic carbocycles. The van der Waals surface area contributed by atoms with Gasteiger partial charge in [0.15, 0.2) is 6.10 Å². The fraction of sp³-hybridized carbons (Fsp3) is 0.235. The summed E-state index contributed by atoms with van der Waals surface area (Å²) in [6, 6.07) is 11.8. The lowest BCUT2D eigenvalue weighted by Crippen LogP contribution is -2.05. The number of ether oxygens (including phenoxy) is 1. The Morgan fingerprint density at radius 2 is 1.81 bits per heavy atom. The molecule has 0 bridgehead atoms. The molecule has 3 aromatic rings. The normalized spacial score (nSPS) is 12.6. The summed E-state index contributed by atoms with van der Waals surface area (Å²) >= 11 is 5.99. The van der Waals surface area contributed by atoms with Crippen LogP contribution in [0.4, 0.5) is 0 Å². The van der Waals surface area contributed by atoms with Crippen molar-refractivity contribution >= 4 is 22.6 Å². The van der Waals surface area contributed by atoms with E-state index in [-0.39, 0.29) is 6.10 Å². The topological polar surface area (TPSA) is 37.9 Å². The summed E-state index contributed by atoms with van der Waals surface area (Å²) in [5, 5.41) is 0.695. The largest absolute Gasteiger partial charge is 0.483 e. The minimum Gasteiger partial charge on any atom is -0.483 e. The van der Waals surface area contributed by atoms with Crippen molar-refractivity contribution in [3.05, 3.63) is 58.4 Å². The average molecular weight is 301 g/mol. The molecular formula is C17H17ClN2O. The van der Waals surface area contributed by atoms with Crippen molar-refractivity contribution in [2.75, 3.05) is 0 Å². The van der Waals surface area contributed by atoms with Crippen molar-refractivity contribution in [3.63, 3.8) is 0 Å². The number of hydrogen-bond acceptors (Lipinski definition) is 2. The number of benzene rings is 2. The van der Waals surface area contributed by atoms with E-state index in [9.17, 15) is 0 Å². The van der Waals surface area contributed by atoms with Crippen molar-refractivity contribution in [1.82, 2.24) is 9.97 Å². The number of hydrogen-bond donors (Lipinski definition) is 1. The van der Waals surface area contributed by atoms with Crippen LogP contribution in [0, 0.1) is 13.8 Å². The molecule has 21 heavy (non-hydrogen) atoms. The molecule has 3 nitrogen and oxygen atoms in total. The first kappa shape index (κ1) is 14.0. The van der Waals surface area contributed by atoms with Crippen LogP contribution in [-0.4, -0.2) is 9.97 Å². The highest BCUT2D eigenvalue weighted by Gasteiger charge is 2.13. The van der Waals surface area contributed by atoms with E-state index in [1.54, 1.807) is 0 Å². The molecule has 1 atom stereocenters. The van der Waals surface area contributed by atoms with Crippen LogP contribution < -0.4 is 4.74 Å². The summed E-state index contributed by atoms with van der Waals surface area (Å²) in [4.78, 5) is 7.82. The van der Waals surface area contributed by atoms with Gasteiger partial charge in [0.2, 0.25) is 0 Å². The highest BCUT2D eigenvalue weighted by atomic mass is 35.5. The number of imidazole rings is 1. The number of aromatic amines is 1. The zero-order valence-electron chi connectivity index (χ0n) is 12.3. The van der Waals surface area contributed by atoms with Crippen LogP contribution in [0.15, 0.2) is 36.4 Å². The summed E-state index contributed by atoms with van der Waals surface area (Å²) < 4.78 is 6.00. The second-order valence-corrected chi connectivity index (χ2v) is 5.80. The van der Waals surface area contributed by atoms with Crippen molar-refractivity contribution in [2.45, 2.75) is 26.9 Å². The molecule has 1 aromatic heterocycles. The summed E-state index contributed by atoms with van der Waals surface area (Å²) in [5.74, 6) is 1.66. The lowest BCUT2D eigenvalue weighted by Gasteiger charge is -2.13. The van der Waals surface area contributed by atoms with Gasteiger partial charge in [-0.15, -0.1) is 0 Å². The summed E-state index contributed by atoms with van der Waals surface area (Å²) in [6.45, 7) is 6.11. The van der Waals surface area contributed by atoms with E-state index in [1.165, 1.54) is 11.1 Å². The van der Waals surface area contributed by atoms with Gasteiger partial charge in [0, 0.05) is 5.02 Å². The molecule has 3 rings (SSSR count). The van der Waals surface area contributed by atoms with Crippen LogP contribution in [0.2, 0.25) is 5.02 Å². The van der Waals surface area contributed by atoms with Crippen molar-refractivity contribution in [2.24, 2.45) is 0 Å². The Morgan fingerprint density at radius 3 is 2.52 bits per heavy atom. The number of aromatic nitrogens is 2. The van der Waals surface area contributed by atoms with Gasteiger partial charge in [-0.1, -0.05) is 17.7 Å². The first-order valence-corrected chi connectivity index (χ1v) is 7.29. The van der Waals surface area contributed by atoms with E-state index in [2.05, 4.69) is 29.9 Å². The van der Waals surface area contributed by atoms with Crippen LogP contribution in [0.3, 0.4) is 0 Å². The molecule has 0 aliphatic rings. The molecule has 0 unspecified atom stereocenters. The zero-order valence-corrected chi connectivity index (χ0v) is 13.0. The molecule has 0 saturated carbocycles. The second-order valence-electron chi connectivity index (χ2n) is 5.37. The molecule has 0 spiro atoms. The van der Waals surface area contributed by atoms with Crippen LogP contribution in [-0.2, 0) is 0 Å². The Balaban J connectivity index is 1.87. The van der Waals surface area contributed by atoms with Gasteiger partial charge in [0.25, 0.3) is 0 Å². The minimum atomic E-state index is -0.155. The molecule has 0 amide bonds. The van der Waals surface area contributed by atoms with E-state index in [1.807, 2.05) is 37.3 Å². The number of fused-ring (bicyclic) bond motifs is 1. The monoisotopic (exact) mass is 300 g/mol. The number of halogens is 1. The van der Waals surface area contributed by atoms with E-state index in [0.29, 0.717) is 5.02 Å². The van der Waals surface area contributed by atoms with E-state index >= 15 is 0 Å². The average Bonchev–Trinajstić information content (AvgIpc) is 2.80. The van der Waals surface area contributed by atoms with Crippen molar-refractivity contribution < 1.29 is 4.74 Å². The molecule has 2 aromatic carbocycles. The van der Waals surface area contributed by atoms with Crippen LogP contribution >= 0.6 is 11.6 Å². The zero-order chi connectivity index (χ0) is 15.0. The third-order valence-corrected chi connectivity index (χ3v) is 3.59. The molecule has 0 saturated heterocycles. The maximum Gasteiger partial charge on any atom is 0.153 e. The van der Waals surface area contributed by atoms with Crippen molar-refractivity contribution in [1.29, 1.82) is 0 Å². The Morgan fingerprint density at radius 1 is 1.10 bits per heavy atom. The van der Waals surface area contributed by atoms with Gasteiger partial charge >= 0.3 is 0 Å². The molecule has 4 heteroatoms. The molecule has 1 N–H and O–H groups in total. The lowest BCUT2D eigenvalue weighted by molar-refractivity contribution is 0.218. The van der Waals surface area contributed by atoms with Gasteiger partial charge in [-0.25, -0.2) is 4.98 Å². The van der Waals surface area contributed by atoms with E-state index in [0.717, 1.165) is 22.6 Å². The molecule has 1 heterocycles. The Kier molecular flexibility index (Phi) is 3.60. The summed E-state index contributed by atoms with van der Waals surface area (Å²) in [5.41, 5.74) is 4.20. The maximum atomic E-state index is 6.00. The molecule has 0 radical (unpaired) electrons.